The maximum Gasteiger partial charge on any atom is 0.242 e. The maximum atomic E-state index is 12.1. The summed E-state index contributed by atoms with van der Waals surface area (Å²) in [7, 11) is -3.57. The van der Waals surface area contributed by atoms with Gasteiger partial charge in [-0.3, -0.25) is 0 Å². The van der Waals surface area contributed by atoms with Crippen molar-refractivity contribution in [1.82, 2.24) is 4.72 Å². The van der Waals surface area contributed by atoms with E-state index < -0.39 is 10.0 Å². The number of benzene rings is 1. The van der Waals surface area contributed by atoms with Crippen LogP contribution in [0.4, 0.5) is 0 Å². The topological polar surface area (TPSA) is 66.4 Å². The Balaban J connectivity index is 2.14. The van der Waals surface area contributed by atoms with Crippen LogP contribution in [-0.4, -0.2) is 26.2 Å². The van der Waals surface area contributed by atoms with Gasteiger partial charge < -0.3 is 5.11 Å². The standard InChI is InChI=1S/C12H16ClNO3S/c1-8-2-3-11(13)12(4-8)18(16,17)14-10-5-9(6-10)7-15/h2-4,9-10,14-15H,5-7H2,1H3. The van der Waals surface area contributed by atoms with Crippen LogP contribution in [0.1, 0.15) is 18.4 Å². The van der Waals surface area contributed by atoms with Crippen LogP contribution < -0.4 is 4.72 Å². The number of rotatable bonds is 4. The van der Waals surface area contributed by atoms with Gasteiger partial charge in [0.05, 0.1) is 5.02 Å². The Morgan fingerprint density at radius 1 is 1.44 bits per heavy atom. The highest BCUT2D eigenvalue weighted by atomic mass is 35.5. The van der Waals surface area contributed by atoms with E-state index in [2.05, 4.69) is 4.72 Å². The lowest BCUT2D eigenvalue weighted by Crippen LogP contribution is -2.45. The summed E-state index contributed by atoms with van der Waals surface area (Å²) >= 11 is 5.92. The molecule has 0 spiro atoms. The maximum absolute atomic E-state index is 12.1. The lowest BCUT2D eigenvalue weighted by Gasteiger charge is -2.34. The highest BCUT2D eigenvalue weighted by molar-refractivity contribution is 7.89. The van der Waals surface area contributed by atoms with Crippen molar-refractivity contribution in [3.63, 3.8) is 0 Å². The second kappa shape index (κ2) is 5.17. The van der Waals surface area contributed by atoms with Gasteiger partial charge in [-0.15, -0.1) is 0 Å². The zero-order valence-electron chi connectivity index (χ0n) is 10.1. The molecular formula is C12H16ClNO3S. The van der Waals surface area contributed by atoms with Gasteiger partial charge in [0.25, 0.3) is 0 Å². The molecule has 0 amide bonds. The summed E-state index contributed by atoms with van der Waals surface area (Å²) in [5, 5.41) is 9.13. The summed E-state index contributed by atoms with van der Waals surface area (Å²) in [6.07, 6.45) is 1.36. The Hall–Kier alpha value is -0.620. The van der Waals surface area contributed by atoms with Crippen LogP contribution >= 0.6 is 11.6 Å². The van der Waals surface area contributed by atoms with Gasteiger partial charge in [-0.05, 0) is 43.4 Å². The van der Waals surface area contributed by atoms with Crippen molar-refractivity contribution in [3.05, 3.63) is 28.8 Å². The number of halogens is 1. The van der Waals surface area contributed by atoms with Gasteiger partial charge >= 0.3 is 0 Å². The summed E-state index contributed by atoms with van der Waals surface area (Å²) in [4.78, 5) is 0.122. The minimum Gasteiger partial charge on any atom is -0.396 e. The van der Waals surface area contributed by atoms with Gasteiger partial charge in [0.1, 0.15) is 4.90 Å². The number of aryl methyl sites for hydroxylation is 1. The molecule has 100 valence electrons. The Morgan fingerprint density at radius 3 is 2.72 bits per heavy atom. The van der Waals surface area contributed by atoms with Crippen LogP contribution in [-0.2, 0) is 10.0 Å². The Morgan fingerprint density at radius 2 is 2.11 bits per heavy atom. The molecule has 1 fully saturated rings. The molecule has 1 aliphatic carbocycles. The van der Waals surface area contributed by atoms with Crippen molar-refractivity contribution < 1.29 is 13.5 Å². The molecule has 2 N–H and O–H groups in total. The van der Waals surface area contributed by atoms with E-state index in [1.807, 2.05) is 6.92 Å². The molecule has 0 atom stereocenters. The monoisotopic (exact) mass is 289 g/mol. The second-order valence-electron chi connectivity index (χ2n) is 4.77. The van der Waals surface area contributed by atoms with E-state index in [0.717, 1.165) is 5.56 Å². The van der Waals surface area contributed by atoms with Crippen molar-refractivity contribution in [2.24, 2.45) is 5.92 Å². The fraction of sp³-hybridized carbons (Fsp3) is 0.500. The van der Waals surface area contributed by atoms with Crippen molar-refractivity contribution in [3.8, 4) is 0 Å². The number of sulfonamides is 1. The van der Waals surface area contributed by atoms with Crippen LogP contribution in [0.2, 0.25) is 5.02 Å². The van der Waals surface area contributed by atoms with Crippen LogP contribution in [0.5, 0.6) is 0 Å². The van der Waals surface area contributed by atoms with E-state index in [1.54, 1.807) is 18.2 Å². The number of aliphatic hydroxyl groups is 1. The normalized spacial score (nSPS) is 23.7. The second-order valence-corrected chi connectivity index (χ2v) is 6.86. The molecule has 1 saturated carbocycles. The van der Waals surface area contributed by atoms with E-state index in [4.69, 9.17) is 16.7 Å². The third-order valence-corrected chi connectivity index (χ3v) is 5.19. The van der Waals surface area contributed by atoms with Gasteiger partial charge in [0, 0.05) is 12.6 Å². The zero-order valence-corrected chi connectivity index (χ0v) is 11.6. The fourth-order valence-electron chi connectivity index (χ4n) is 2.08. The summed E-state index contributed by atoms with van der Waals surface area (Å²) in [6.45, 7) is 1.93. The molecule has 2 rings (SSSR count). The van der Waals surface area contributed by atoms with E-state index >= 15 is 0 Å². The Bertz CT molecular complexity index is 538. The van der Waals surface area contributed by atoms with Crippen LogP contribution in [0.15, 0.2) is 23.1 Å². The molecule has 6 heteroatoms. The Kier molecular flexibility index (Phi) is 3.96. The van der Waals surface area contributed by atoms with Gasteiger partial charge in [-0.2, -0.15) is 0 Å². The van der Waals surface area contributed by atoms with Gasteiger partial charge in [-0.25, -0.2) is 13.1 Å². The molecule has 1 aromatic carbocycles. The number of nitrogens with one attached hydrogen (secondary N) is 1. The molecular weight excluding hydrogens is 274 g/mol. The average Bonchev–Trinajstić information content (AvgIpc) is 2.26. The summed E-state index contributed by atoms with van der Waals surface area (Å²) < 4.78 is 26.9. The number of hydrogen-bond acceptors (Lipinski definition) is 3. The summed E-state index contributed by atoms with van der Waals surface area (Å²) in [6, 6.07) is 4.82. The third-order valence-electron chi connectivity index (χ3n) is 3.19. The van der Waals surface area contributed by atoms with Crippen molar-refractivity contribution >= 4 is 21.6 Å². The highest BCUT2D eigenvalue weighted by Crippen LogP contribution is 2.29. The molecule has 1 aliphatic rings. The summed E-state index contributed by atoms with van der Waals surface area (Å²) in [5.41, 5.74) is 0.849. The van der Waals surface area contributed by atoms with Crippen molar-refractivity contribution in [1.29, 1.82) is 0 Å². The van der Waals surface area contributed by atoms with Gasteiger partial charge in [0.15, 0.2) is 0 Å². The lowest BCUT2D eigenvalue weighted by molar-refractivity contribution is 0.137. The van der Waals surface area contributed by atoms with Gasteiger partial charge in [0.2, 0.25) is 10.0 Å². The molecule has 0 aliphatic heterocycles. The van der Waals surface area contributed by atoms with E-state index in [-0.39, 0.29) is 28.5 Å². The number of hydrogen-bond donors (Lipinski definition) is 2. The van der Waals surface area contributed by atoms with Gasteiger partial charge in [-0.1, -0.05) is 17.7 Å². The minimum absolute atomic E-state index is 0.0938. The first-order valence-corrected chi connectivity index (χ1v) is 7.68. The SMILES string of the molecule is Cc1ccc(Cl)c(S(=O)(=O)NC2CC(CO)C2)c1. The first-order chi connectivity index (χ1) is 8.42. The first-order valence-electron chi connectivity index (χ1n) is 5.81. The first kappa shape index (κ1) is 13.8. The van der Waals surface area contributed by atoms with Crippen LogP contribution in [0, 0.1) is 12.8 Å². The largest absolute Gasteiger partial charge is 0.396 e. The van der Waals surface area contributed by atoms with Crippen molar-refractivity contribution in [2.75, 3.05) is 6.61 Å². The third kappa shape index (κ3) is 2.85. The molecule has 0 bridgehead atoms. The molecule has 1 aromatic rings. The quantitative estimate of drug-likeness (QED) is 0.886. The molecule has 0 aromatic heterocycles. The zero-order chi connectivity index (χ0) is 13.3. The molecule has 0 heterocycles. The molecule has 0 unspecified atom stereocenters. The lowest BCUT2D eigenvalue weighted by atomic mass is 9.82. The van der Waals surface area contributed by atoms with E-state index in [0.29, 0.717) is 12.8 Å². The smallest absolute Gasteiger partial charge is 0.242 e. The van der Waals surface area contributed by atoms with E-state index in [1.165, 1.54) is 0 Å². The predicted octanol–water partition coefficient (Wildman–Crippen LogP) is 1.70. The Labute approximate surface area is 112 Å². The fourth-order valence-corrected chi connectivity index (χ4v) is 3.93. The van der Waals surface area contributed by atoms with Crippen LogP contribution in [0.3, 0.4) is 0 Å². The molecule has 0 radical (unpaired) electrons. The predicted molar refractivity (Wildman–Crippen MR) is 70.1 cm³/mol. The van der Waals surface area contributed by atoms with Crippen LogP contribution in [0.25, 0.3) is 0 Å². The number of aliphatic hydroxyl groups excluding tert-OH is 1. The average molecular weight is 290 g/mol. The van der Waals surface area contributed by atoms with Crippen molar-refractivity contribution in [2.45, 2.75) is 30.7 Å². The molecule has 4 nitrogen and oxygen atoms in total. The highest BCUT2D eigenvalue weighted by Gasteiger charge is 2.32. The molecule has 18 heavy (non-hydrogen) atoms. The van der Waals surface area contributed by atoms with E-state index in [9.17, 15) is 8.42 Å². The molecule has 0 saturated heterocycles. The minimum atomic E-state index is -3.57. The summed E-state index contributed by atoms with van der Waals surface area (Å²) in [5.74, 6) is 0.214.